The molecule has 1 aromatic rings. The minimum Gasteiger partial charge on any atom is -0.388 e. The summed E-state index contributed by atoms with van der Waals surface area (Å²) in [6.45, 7) is 4.25. The summed E-state index contributed by atoms with van der Waals surface area (Å²) in [6, 6.07) is 6.28. The second kappa shape index (κ2) is 3.59. The normalized spacial score (nSPS) is 33.6. The summed E-state index contributed by atoms with van der Waals surface area (Å²) >= 11 is 0. The summed E-state index contributed by atoms with van der Waals surface area (Å²) in [5.74, 6) is 2.42. The van der Waals surface area contributed by atoms with Gasteiger partial charge in [0.15, 0.2) is 0 Å². The molecule has 86 valence electrons. The highest BCUT2D eigenvalue weighted by atomic mass is 16.3. The maximum Gasteiger partial charge on any atom is 0.0821 e. The molecule has 1 nitrogen and oxygen atoms in total. The van der Waals surface area contributed by atoms with Crippen molar-refractivity contribution in [2.75, 3.05) is 0 Å². The molecule has 0 saturated heterocycles. The van der Waals surface area contributed by atoms with Gasteiger partial charge in [-0.2, -0.15) is 0 Å². The summed E-state index contributed by atoms with van der Waals surface area (Å²) in [5, 5.41) is 10.5. The van der Waals surface area contributed by atoms with Gasteiger partial charge in [-0.3, -0.25) is 0 Å². The van der Waals surface area contributed by atoms with Crippen molar-refractivity contribution in [3.05, 3.63) is 34.9 Å². The molecule has 0 heterocycles. The second-order valence-corrected chi connectivity index (χ2v) is 5.72. The first kappa shape index (κ1) is 10.3. The number of hydrogen-bond donors (Lipinski definition) is 1. The van der Waals surface area contributed by atoms with Gasteiger partial charge in [0.25, 0.3) is 0 Å². The van der Waals surface area contributed by atoms with Crippen LogP contribution in [0.4, 0.5) is 0 Å². The van der Waals surface area contributed by atoms with Gasteiger partial charge < -0.3 is 5.11 Å². The van der Waals surface area contributed by atoms with Gasteiger partial charge in [-0.25, -0.2) is 0 Å². The Bertz CT molecular complexity index is 400. The quantitative estimate of drug-likeness (QED) is 0.803. The molecule has 0 aromatic heterocycles. The number of benzene rings is 1. The molecule has 3 rings (SSSR count). The van der Waals surface area contributed by atoms with Crippen LogP contribution in [-0.2, 0) is 0 Å². The van der Waals surface area contributed by atoms with E-state index in [-0.39, 0.29) is 6.10 Å². The van der Waals surface area contributed by atoms with Crippen LogP contribution in [-0.4, -0.2) is 5.11 Å². The van der Waals surface area contributed by atoms with Crippen LogP contribution in [0.15, 0.2) is 18.2 Å². The lowest BCUT2D eigenvalue weighted by Crippen LogP contribution is -2.12. The van der Waals surface area contributed by atoms with Gasteiger partial charge in [-0.05, 0) is 67.6 Å². The molecule has 0 spiro atoms. The van der Waals surface area contributed by atoms with E-state index in [9.17, 15) is 5.11 Å². The fourth-order valence-electron chi connectivity index (χ4n) is 3.37. The minimum absolute atomic E-state index is 0.229. The lowest BCUT2D eigenvalue weighted by molar-refractivity contribution is 0.104. The highest BCUT2D eigenvalue weighted by molar-refractivity contribution is 5.35. The molecule has 16 heavy (non-hydrogen) atoms. The zero-order valence-corrected chi connectivity index (χ0v) is 10.1. The largest absolute Gasteiger partial charge is 0.388 e. The fraction of sp³-hybridized carbons (Fsp3) is 0.600. The van der Waals surface area contributed by atoms with Crippen molar-refractivity contribution in [2.24, 2.45) is 17.8 Å². The molecule has 3 unspecified atom stereocenters. The second-order valence-electron chi connectivity index (χ2n) is 5.72. The number of aliphatic hydroxyl groups excluding tert-OH is 1. The minimum atomic E-state index is -0.229. The van der Waals surface area contributed by atoms with Crippen LogP contribution in [0.25, 0.3) is 0 Å². The van der Waals surface area contributed by atoms with Crippen LogP contribution in [0, 0.1) is 31.6 Å². The van der Waals surface area contributed by atoms with Crippen molar-refractivity contribution >= 4 is 0 Å². The Labute approximate surface area is 97.5 Å². The lowest BCUT2D eigenvalue weighted by atomic mass is 9.88. The first-order valence-electron chi connectivity index (χ1n) is 6.41. The van der Waals surface area contributed by atoms with Gasteiger partial charge in [-0.15, -0.1) is 0 Å². The molecule has 2 saturated carbocycles. The number of rotatable bonds is 2. The fourth-order valence-corrected chi connectivity index (χ4v) is 3.37. The van der Waals surface area contributed by atoms with E-state index in [2.05, 4.69) is 32.0 Å². The van der Waals surface area contributed by atoms with Crippen LogP contribution in [0.1, 0.15) is 42.1 Å². The molecule has 0 amide bonds. The number of aliphatic hydroxyl groups is 1. The number of aryl methyl sites for hydroxylation is 1. The van der Waals surface area contributed by atoms with Crippen molar-refractivity contribution < 1.29 is 5.11 Å². The zero-order valence-electron chi connectivity index (χ0n) is 10.1. The van der Waals surface area contributed by atoms with E-state index in [4.69, 9.17) is 0 Å². The molecular weight excluding hydrogens is 196 g/mol. The lowest BCUT2D eigenvalue weighted by Gasteiger charge is -2.22. The van der Waals surface area contributed by atoms with Crippen molar-refractivity contribution in [1.82, 2.24) is 0 Å². The molecule has 2 aliphatic rings. The van der Waals surface area contributed by atoms with E-state index in [1.807, 2.05) is 0 Å². The number of hydrogen-bond acceptors (Lipinski definition) is 1. The van der Waals surface area contributed by atoms with Gasteiger partial charge in [0.1, 0.15) is 0 Å². The van der Waals surface area contributed by atoms with Gasteiger partial charge in [0.2, 0.25) is 0 Å². The highest BCUT2D eigenvalue weighted by Gasteiger charge is 2.47. The van der Waals surface area contributed by atoms with Crippen LogP contribution < -0.4 is 0 Å². The van der Waals surface area contributed by atoms with Gasteiger partial charge in [0.05, 0.1) is 6.10 Å². The van der Waals surface area contributed by atoms with E-state index < -0.39 is 0 Å². The first-order chi connectivity index (χ1) is 7.66. The summed E-state index contributed by atoms with van der Waals surface area (Å²) < 4.78 is 0. The molecule has 0 bridgehead atoms. The smallest absolute Gasteiger partial charge is 0.0821 e. The third-order valence-electron chi connectivity index (χ3n) is 4.69. The van der Waals surface area contributed by atoms with E-state index >= 15 is 0 Å². The van der Waals surface area contributed by atoms with Crippen molar-refractivity contribution in [3.8, 4) is 0 Å². The van der Waals surface area contributed by atoms with E-state index in [0.717, 1.165) is 17.4 Å². The highest BCUT2D eigenvalue weighted by Crippen LogP contribution is 2.57. The van der Waals surface area contributed by atoms with Gasteiger partial charge >= 0.3 is 0 Å². The van der Waals surface area contributed by atoms with E-state index in [1.54, 1.807) is 0 Å². The van der Waals surface area contributed by atoms with Crippen LogP contribution in [0.2, 0.25) is 0 Å². The zero-order chi connectivity index (χ0) is 11.3. The Kier molecular flexibility index (Phi) is 2.32. The molecule has 1 aromatic carbocycles. The molecule has 0 aliphatic heterocycles. The Hall–Kier alpha value is -0.820. The predicted molar refractivity (Wildman–Crippen MR) is 65.2 cm³/mol. The van der Waals surface area contributed by atoms with Crippen molar-refractivity contribution in [3.63, 3.8) is 0 Å². The van der Waals surface area contributed by atoms with E-state index in [0.29, 0.717) is 5.92 Å². The van der Waals surface area contributed by atoms with Crippen molar-refractivity contribution in [2.45, 2.75) is 39.2 Å². The Morgan fingerprint density at radius 3 is 2.50 bits per heavy atom. The summed E-state index contributed by atoms with van der Waals surface area (Å²) in [4.78, 5) is 0. The average molecular weight is 216 g/mol. The van der Waals surface area contributed by atoms with Crippen molar-refractivity contribution in [1.29, 1.82) is 0 Å². The van der Waals surface area contributed by atoms with Gasteiger partial charge in [0, 0.05) is 0 Å². The Balaban J connectivity index is 1.83. The third-order valence-corrected chi connectivity index (χ3v) is 4.69. The molecule has 3 atom stereocenters. The molecule has 2 fully saturated rings. The van der Waals surface area contributed by atoms with Crippen LogP contribution in [0.3, 0.4) is 0 Å². The standard InChI is InChI=1S/C15H20O/c1-9-4-3-5-14(10(9)2)15(16)13-7-11-6-12(11)8-13/h3-5,11-13,15-16H,6-8H2,1-2H3. The number of fused-ring (bicyclic) bond motifs is 1. The predicted octanol–water partition coefficient (Wildman–Crippen LogP) is 3.38. The summed E-state index contributed by atoms with van der Waals surface area (Å²) in [7, 11) is 0. The summed E-state index contributed by atoms with van der Waals surface area (Å²) in [6.07, 6.45) is 3.70. The molecule has 2 aliphatic carbocycles. The maximum atomic E-state index is 10.5. The Morgan fingerprint density at radius 1 is 1.12 bits per heavy atom. The first-order valence-corrected chi connectivity index (χ1v) is 6.41. The third kappa shape index (κ3) is 1.58. The molecular formula is C15H20O. The monoisotopic (exact) mass is 216 g/mol. The SMILES string of the molecule is Cc1cccc(C(O)C2CC3CC3C2)c1C. The van der Waals surface area contributed by atoms with Gasteiger partial charge in [-0.1, -0.05) is 18.2 Å². The average Bonchev–Trinajstić information content (AvgIpc) is 2.89. The summed E-state index contributed by atoms with van der Waals surface area (Å²) in [5.41, 5.74) is 3.72. The topological polar surface area (TPSA) is 20.2 Å². The van der Waals surface area contributed by atoms with Crippen LogP contribution >= 0.6 is 0 Å². The van der Waals surface area contributed by atoms with E-state index in [1.165, 1.54) is 30.4 Å². The maximum absolute atomic E-state index is 10.5. The molecule has 0 radical (unpaired) electrons. The molecule has 1 heteroatoms. The van der Waals surface area contributed by atoms with Crippen LogP contribution in [0.5, 0.6) is 0 Å². The Morgan fingerprint density at radius 2 is 1.81 bits per heavy atom. The molecule has 1 N–H and O–H groups in total.